The van der Waals surface area contributed by atoms with Crippen LogP contribution in [-0.2, 0) is 9.84 Å². The monoisotopic (exact) mass is 276 g/mol. The normalized spacial score (nSPS) is 19.9. The van der Waals surface area contributed by atoms with Gasteiger partial charge in [0.25, 0.3) is 0 Å². The van der Waals surface area contributed by atoms with Crippen LogP contribution < -0.4 is 5.32 Å². The second-order valence-corrected chi connectivity index (χ2v) is 6.23. The molecular weight excluding hydrogens is 260 g/mol. The fraction of sp³-hybridized carbons (Fsp3) is 0.545. The number of hydrogen-bond donors (Lipinski definition) is 1. The minimum atomic E-state index is -3.24. The fourth-order valence-corrected chi connectivity index (χ4v) is 3.50. The summed E-state index contributed by atoms with van der Waals surface area (Å²) in [6, 6.07) is 3.52. The van der Waals surface area contributed by atoms with Gasteiger partial charge in [0.15, 0.2) is 14.9 Å². The van der Waals surface area contributed by atoms with Crippen molar-refractivity contribution in [2.24, 2.45) is 0 Å². The number of sulfone groups is 1. The third-order valence-electron chi connectivity index (χ3n) is 2.79. The number of halogens is 1. The molecule has 0 saturated carbocycles. The maximum atomic E-state index is 12.0. The third-order valence-corrected chi connectivity index (χ3v) is 4.49. The number of nitrogens with zero attached hydrogens (tertiary/aromatic N) is 1. The highest BCUT2D eigenvalue weighted by molar-refractivity contribution is 7.91. The second-order valence-electron chi connectivity index (χ2n) is 4.25. The van der Waals surface area contributed by atoms with Gasteiger partial charge < -0.3 is 5.32 Å². The van der Waals surface area contributed by atoms with E-state index in [9.17, 15) is 8.42 Å². The van der Waals surface area contributed by atoms with E-state index in [4.69, 9.17) is 0 Å². The fourth-order valence-electron chi connectivity index (χ4n) is 1.93. The van der Waals surface area contributed by atoms with E-state index in [0.717, 1.165) is 24.9 Å². The van der Waals surface area contributed by atoms with Crippen molar-refractivity contribution in [3.05, 3.63) is 23.9 Å². The number of nitrogens with one attached hydrogen (secondary N) is 1. The maximum Gasteiger partial charge on any atom is 0.197 e. The van der Waals surface area contributed by atoms with Crippen molar-refractivity contribution in [3.63, 3.8) is 0 Å². The highest BCUT2D eigenvalue weighted by Crippen LogP contribution is 2.14. The molecule has 1 atom stereocenters. The first-order valence-corrected chi connectivity index (χ1v) is 7.12. The summed E-state index contributed by atoms with van der Waals surface area (Å²) < 4.78 is 24.1. The van der Waals surface area contributed by atoms with Crippen molar-refractivity contribution in [1.29, 1.82) is 0 Å². The van der Waals surface area contributed by atoms with E-state index in [0.29, 0.717) is 0 Å². The van der Waals surface area contributed by atoms with Crippen LogP contribution in [0.1, 0.15) is 18.4 Å². The van der Waals surface area contributed by atoms with Crippen LogP contribution in [0.15, 0.2) is 23.4 Å². The summed E-state index contributed by atoms with van der Waals surface area (Å²) in [6.45, 7) is 2.79. The van der Waals surface area contributed by atoms with Gasteiger partial charge in [-0.15, -0.1) is 12.4 Å². The first-order valence-electron chi connectivity index (χ1n) is 5.47. The van der Waals surface area contributed by atoms with Crippen molar-refractivity contribution in [2.45, 2.75) is 30.8 Å². The molecule has 4 nitrogen and oxygen atoms in total. The molecule has 0 radical (unpaired) electrons. The number of pyridine rings is 1. The van der Waals surface area contributed by atoms with Crippen molar-refractivity contribution in [3.8, 4) is 0 Å². The Morgan fingerprint density at radius 3 is 2.88 bits per heavy atom. The van der Waals surface area contributed by atoms with Crippen LogP contribution >= 0.6 is 12.4 Å². The van der Waals surface area contributed by atoms with E-state index in [-0.39, 0.29) is 29.2 Å². The predicted molar refractivity (Wildman–Crippen MR) is 69.3 cm³/mol. The Hall–Kier alpha value is -0.650. The largest absolute Gasteiger partial charge is 0.313 e. The molecule has 2 heterocycles. The van der Waals surface area contributed by atoms with Crippen LogP contribution in [-0.4, -0.2) is 31.7 Å². The molecule has 0 aromatic carbocycles. The molecule has 2 rings (SSSR count). The lowest BCUT2D eigenvalue weighted by Gasteiger charge is -2.10. The summed E-state index contributed by atoms with van der Waals surface area (Å²) in [5.74, 6) is 0.156. The van der Waals surface area contributed by atoms with Gasteiger partial charge in [-0.05, 0) is 44.0 Å². The molecule has 1 unspecified atom stereocenters. The van der Waals surface area contributed by atoms with E-state index >= 15 is 0 Å². The van der Waals surface area contributed by atoms with Crippen LogP contribution in [0.2, 0.25) is 0 Å². The van der Waals surface area contributed by atoms with E-state index in [1.165, 1.54) is 0 Å². The summed E-state index contributed by atoms with van der Waals surface area (Å²) in [5, 5.41) is 3.39. The average Bonchev–Trinajstić information content (AvgIpc) is 2.70. The lowest BCUT2D eigenvalue weighted by Crippen LogP contribution is -2.30. The van der Waals surface area contributed by atoms with Gasteiger partial charge in [-0.2, -0.15) is 0 Å². The van der Waals surface area contributed by atoms with Gasteiger partial charge in [-0.3, -0.25) is 0 Å². The molecule has 0 aliphatic carbocycles. The van der Waals surface area contributed by atoms with Gasteiger partial charge in [0, 0.05) is 12.2 Å². The van der Waals surface area contributed by atoms with Crippen LogP contribution in [0, 0.1) is 6.92 Å². The Bertz CT molecular complexity index is 470. The minimum absolute atomic E-state index is 0. The van der Waals surface area contributed by atoms with Gasteiger partial charge in [0.05, 0.1) is 5.75 Å². The SMILES string of the molecule is Cc1ccnc(S(=O)(=O)CC2CCCN2)c1.Cl. The van der Waals surface area contributed by atoms with Crippen LogP contribution in [0.25, 0.3) is 0 Å². The van der Waals surface area contributed by atoms with E-state index < -0.39 is 9.84 Å². The van der Waals surface area contributed by atoms with E-state index in [1.54, 1.807) is 18.3 Å². The minimum Gasteiger partial charge on any atom is -0.313 e. The van der Waals surface area contributed by atoms with Gasteiger partial charge >= 0.3 is 0 Å². The molecule has 0 spiro atoms. The molecule has 1 aliphatic rings. The number of aromatic nitrogens is 1. The van der Waals surface area contributed by atoms with E-state index in [2.05, 4.69) is 10.3 Å². The van der Waals surface area contributed by atoms with Gasteiger partial charge in [0.2, 0.25) is 0 Å². The molecule has 6 heteroatoms. The summed E-state index contributed by atoms with van der Waals surface area (Å²) in [6.07, 6.45) is 3.54. The zero-order valence-electron chi connectivity index (χ0n) is 9.72. The van der Waals surface area contributed by atoms with Crippen molar-refractivity contribution in [1.82, 2.24) is 10.3 Å². The Labute approximate surface area is 108 Å². The number of rotatable bonds is 3. The summed E-state index contributed by atoms with van der Waals surface area (Å²) in [7, 11) is -3.24. The lowest BCUT2D eigenvalue weighted by atomic mass is 10.3. The summed E-state index contributed by atoms with van der Waals surface area (Å²) in [4.78, 5) is 3.94. The summed E-state index contributed by atoms with van der Waals surface area (Å²) in [5.41, 5.74) is 0.924. The van der Waals surface area contributed by atoms with Crippen LogP contribution in [0.4, 0.5) is 0 Å². The molecule has 1 aromatic rings. The molecule has 1 aromatic heterocycles. The highest BCUT2D eigenvalue weighted by Gasteiger charge is 2.24. The zero-order valence-corrected chi connectivity index (χ0v) is 11.4. The number of aryl methyl sites for hydroxylation is 1. The Morgan fingerprint density at radius 1 is 1.53 bits per heavy atom. The molecule has 1 N–H and O–H groups in total. The second kappa shape index (κ2) is 5.80. The summed E-state index contributed by atoms with van der Waals surface area (Å²) >= 11 is 0. The first-order chi connectivity index (χ1) is 7.58. The molecule has 0 bridgehead atoms. The quantitative estimate of drug-likeness (QED) is 0.905. The predicted octanol–water partition coefficient (Wildman–Crippen LogP) is 1.34. The lowest BCUT2D eigenvalue weighted by molar-refractivity contribution is 0.573. The van der Waals surface area contributed by atoms with Crippen molar-refractivity contribution >= 4 is 22.2 Å². The molecule has 1 aliphatic heterocycles. The van der Waals surface area contributed by atoms with E-state index in [1.807, 2.05) is 6.92 Å². The Kier molecular flexibility index (Phi) is 4.91. The van der Waals surface area contributed by atoms with Crippen LogP contribution in [0.5, 0.6) is 0 Å². The van der Waals surface area contributed by atoms with Crippen molar-refractivity contribution < 1.29 is 8.42 Å². The first kappa shape index (κ1) is 14.4. The Balaban J connectivity index is 0.00000144. The highest BCUT2D eigenvalue weighted by atomic mass is 35.5. The molecule has 1 fully saturated rings. The van der Waals surface area contributed by atoms with Gasteiger partial charge in [-0.25, -0.2) is 13.4 Å². The smallest absolute Gasteiger partial charge is 0.197 e. The molecule has 1 saturated heterocycles. The van der Waals surface area contributed by atoms with Crippen LogP contribution in [0.3, 0.4) is 0 Å². The van der Waals surface area contributed by atoms with Gasteiger partial charge in [-0.1, -0.05) is 0 Å². The average molecular weight is 277 g/mol. The zero-order chi connectivity index (χ0) is 11.6. The standard InChI is InChI=1S/C11H16N2O2S.ClH/c1-9-4-6-13-11(7-9)16(14,15)8-10-3-2-5-12-10;/h4,6-7,10,12H,2-3,5,8H2,1H3;1H. The molecule has 96 valence electrons. The molecule has 0 amide bonds. The van der Waals surface area contributed by atoms with Gasteiger partial charge in [0.1, 0.15) is 0 Å². The molecular formula is C11H17ClN2O2S. The third kappa shape index (κ3) is 3.66. The Morgan fingerprint density at radius 2 is 2.29 bits per heavy atom. The topological polar surface area (TPSA) is 59.1 Å². The number of hydrogen-bond acceptors (Lipinski definition) is 4. The molecule has 17 heavy (non-hydrogen) atoms. The maximum absolute atomic E-state index is 12.0. The van der Waals surface area contributed by atoms with Crippen molar-refractivity contribution in [2.75, 3.05) is 12.3 Å².